The fourth-order valence-corrected chi connectivity index (χ4v) is 5.30. The van der Waals surface area contributed by atoms with Gasteiger partial charge in [-0.1, -0.05) is 36.9 Å². The minimum absolute atomic E-state index is 0.0990. The van der Waals surface area contributed by atoms with Gasteiger partial charge in [-0.3, -0.25) is 4.79 Å². The van der Waals surface area contributed by atoms with Gasteiger partial charge in [0.25, 0.3) is 0 Å². The zero-order valence-electron chi connectivity index (χ0n) is 14.2. The summed E-state index contributed by atoms with van der Waals surface area (Å²) in [5, 5.41) is 11.4. The molecule has 24 heavy (non-hydrogen) atoms. The predicted molar refractivity (Wildman–Crippen MR) is 97.9 cm³/mol. The summed E-state index contributed by atoms with van der Waals surface area (Å²) >= 11 is 3.04. The molecule has 1 aromatic heterocycles. The van der Waals surface area contributed by atoms with E-state index in [1.807, 2.05) is 0 Å². The Morgan fingerprint density at radius 2 is 2.04 bits per heavy atom. The van der Waals surface area contributed by atoms with Crippen LogP contribution < -0.4 is 5.32 Å². The predicted octanol–water partition coefficient (Wildman–Crippen LogP) is 2.29. The summed E-state index contributed by atoms with van der Waals surface area (Å²) in [4.78, 5) is 12.3. The lowest BCUT2D eigenvalue weighted by atomic mass is 9.97. The van der Waals surface area contributed by atoms with E-state index >= 15 is 0 Å². The van der Waals surface area contributed by atoms with Crippen LogP contribution in [0.5, 0.6) is 0 Å². The van der Waals surface area contributed by atoms with Crippen molar-refractivity contribution in [3.63, 3.8) is 0 Å². The smallest absolute Gasteiger partial charge is 0.229 e. The van der Waals surface area contributed by atoms with Crippen molar-refractivity contribution in [1.29, 1.82) is 0 Å². The third-order valence-electron chi connectivity index (χ3n) is 3.85. The summed E-state index contributed by atoms with van der Waals surface area (Å²) in [7, 11) is -3.17. The van der Waals surface area contributed by atoms with Crippen molar-refractivity contribution in [2.75, 3.05) is 30.4 Å². The van der Waals surface area contributed by atoms with Crippen LogP contribution in [-0.2, 0) is 14.8 Å². The van der Waals surface area contributed by atoms with E-state index in [1.165, 1.54) is 21.9 Å². The minimum Gasteiger partial charge on any atom is -0.300 e. The van der Waals surface area contributed by atoms with Gasteiger partial charge in [-0.15, -0.1) is 10.2 Å². The number of anilines is 1. The van der Waals surface area contributed by atoms with Crippen molar-refractivity contribution >= 4 is 44.2 Å². The van der Waals surface area contributed by atoms with Crippen LogP contribution in [-0.4, -0.2) is 53.9 Å². The summed E-state index contributed by atoms with van der Waals surface area (Å²) < 4.78 is 25.3. The Hall–Kier alpha value is -0.710. The van der Waals surface area contributed by atoms with Crippen molar-refractivity contribution < 1.29 is 13.2 Å². The average Bonchev–Trinajstić information content (AvgIpc) is 2.93. The van der Waals surface area contributed by atoms with Crippen molar-refractivity contribution in [2.24, 2.45) is 11.8 Å². The van der Waals surface area contributed by atoms with Gasteiger partial charge in [-0.05, 0) is 25.2 Å². The topological polar surface area (TPSA) is 92.3 Å². The lowest BCUT2D eigenvalue weighted by Crippen LogP contribution is -2.40. The molecule has 2 rings (SSSR count). The lowest BCUT2D eigenvalue weighted by molar-refractivity contribution is -0.120. The first-order valence-electron chi connectivity index (χ1n) is 7.98. The number of carbonyl (C=O) groups excluding carboxylic acids is 1. The van der Waals surface area contributed by atoms with E-state index in [2.05, 4.69) is 29.4 Å². The Bertz CT molecular complexity index is 652. The zero-order chi connectivity index (χ0) is 17.7. The molecule has 136 valence electrons. The van der Waals surface area contributed by atoms with Gasteiger partial charge >= 0.3 is 0 Å². The Morgan fingerprint density at radius 1 is 1.38 bits per heavy atom. The van der Waals surface area contributed by atoms with Gasteiger partial charge in [0.2, 0.25) is 21.1 Å². The number of hydrogen-bond acceptors (Lipinski definition) is 7. The molecule has 1 saturated heterocycles. The van der Waals surface area contributed by atoms with Crippen LogP contribution in [0.1, 0.15) is 33.1 Å². The Labute approximate surface area is 151 Å². The van der Waals surface area contributed by atoms with E-state index < -0.39 is 10.0 Å². The van der Waals surface area contributed by atoms with Crippen molar-refractivity contribution in [1.82, 2.24) is 14.5 Å². The van der Waals surface area contributed by atoms with E-state index in [0.29, 0.717) is 37.0 Å². The van der Waals surface area contributed by atoms with Gasteiger partial charge in [0.1, 0.15) is 0 Å². The number of sulfonamides is 1. The highest BCUT2D eigenvalue weighted by Gasteiger charge is 2.29. The molecule has 1 aliphatic heterocycles. The fourth-order valence-electron chi connectivity index (χ4n) is 2.36. The molecule has 0 radical (unpaired) electrons. The molecule has 0 spiro atoms. The van der Waals surface area contributed by atoms with Gasteiger partial charge in [0, 0.05) is 24.8 Å². The number of aromatic nitrogens is 2. The first-order chi connectivity index (χ1) is 11.3. The van der Waals surface area contributed by atoms with E-state index in [1.54, 1.807) is 11.8 Å². The molecule has 0 saturated carbocycles. The Balaban J connectivity index is 1.80. The number of amides is 1. The highest BCUT2D eigenvalue weighted by Crippen LogP contribution is 2.28. The Morgan fingerprint density at radius 3 is 2.62 bits per heavy atom. The monoisotopic (exact) mass is 392 g/mol. The van der Waals surface area contributed by atoms with Crippen molar-refractivity contribution in [3.8, 4) is 0 Å². The summed E-state index contributed by atoms with van der Waals surface area (Å²) in [5.74, 6) is 1.37. The summed E-state index contributed by atoms with van der Waals surface area (Å²) in [6, 6.07) is 0. The normalized spacial score (nSPS) is 17.3. The molecule has 1 amide bonds. The second-order valence-corrected chi connectivity index (χ2v) is 10.6. The number of nitrogens with one attached hydrogen (secondary N) is 1. The quantitative estimate of drug-likeness (QED) is 0.565. The molecule has 10 heteroatoms. The maximum Gasteiger partial charge on any atom is 0.229 e. The average molecular weight is 393 g/mol. The molecule has 2 heterocycles. The number of nitrogens with zero attached hydrogens (tertiary/aromatic N) is 3. The minimum atomic E-state index is -3.17. The van der Waals surface area contributed by atoms with Gasteiger partial charge in [-0.2, -0.15) is 0 Å². The maximum absolute atomic E-state index is 12.3. The standard InChI is InChI=1S/C14H24N4O3S3/c1-10(2)6-9-22-14-17-16-13(23-14)15-12(19)11-4-7-18(8-5-11)24(3,20)21/h10-11H,4-9H2,1-3H3,(H,15,16,19). The molecule has 0 unspecified atom stereocenters. The fraction of sp³-hybridized carbons (Fsp3) is 0.786. The molecule has 0 aliphatic carbocycles. The molecule has 0 atom stereocenters. The van der Waals surface area contributed by atoms with Crippen LogP contribution in [0.3, 0.4) is 0 Å². The number of piperidine rings is 1. The molecule has 0 bridgehead atoms. The van der Waals surface area contributed by atoms with E-state index in [0.717, 1.165) is 16.5 Å². The molecule has 1 N–H and O–H groups in total. The molecule has 1 aromatic rings. The van der Waals surface area contributed by atoms with Crippen molar-refractivity contribution in [2.45, 2.75) is 37.4 Å². The Kier molecular flexibility index (Phi) is 7.02. The van der Waals surface area contributed by atoms with Crippen LogP contribution in [0, 0.1) is 11.8 Å². The largest absolute Gasteiger partial charge is 0.300 e. The first-order valence-corrected chi connectivity index (χ1v) is 11.6. The lowest BCUT2D eigenvalue weighted by Gasteiger charge is -2.29. The number of thioether (sulfide) groups is 1. The van der Waals surface area contributed by atoms with E-state index in [-0.39, 0.29) is 11.8 Å². The van der Waals surface area contributed by atoms with Crippen LogP contribution in [0.25, 0.3) is 0 Å². The summed E-state index contributed by atoms with van der Waals surface area (Å²) in [6.45, 7) is 5.15. The summed E-state index contributed by atoms with van der Waals surface area (Å²) in [6.07, 6.45) is 3.39. The SMILES string of the molecule is CC(C)CCSc1nnc(NC(=O)C2CCN(S(C)(=O)=O)CC2)s1. The van der Waals surface area contributed by atoms with E-state index in [9.17, 15) is 13.2 Å². The van der Waals surface area contributed by atoms with Gasteiger partial charge < -0.3 is 5.32 Å². The highest BCUT2D eigenvalue weighted by atomic mass is 32.2. The van der Waals surface area contributed by atoms with Gasteiger partial charge in [-0.25, -0.2) is 12.7 Å². The molecule has 1 fully saturated rings. The second-order valence-electron chi connectivity index (χ2n) is 6.33. The van der Waals surface area contributed by atoms with Gasteiger partial charge in [0.05, 0.1) is 6.26 Å². The maximum atomic E-state index is 12.3. The van der Waals surface area contributed by atoms with Crippen LogP contribution in [0.15, 0.2) is 4.34 Å². The van der Waals surface area contributed by atoms with Crippen molar-refractivity contribution in [3.05, 3.63) is 0 Å². The number of carbonyl (C=O) groups is 1. The number of hydrogen-bond donors (Lipinski definition) is 1. The second kappa shape index (κ2) is 8.59. The van der Waals surface area contributed by atoms with Gasteiger partial charge in [0.15, 0.2) is 4.34 Å². The molecule has 7 nitrogen and oxygen atoms in total. The molecule has 0 aromatic carbocycles. The highest BCUT2D eigenvalue weighted by molar-refractivity contribution is 8.01. The first kappa shape index (κ1) is 19.6. The molecular weight excluding hydrogens is 368 g/mol. The van der Waals surface area contributed by atoms with Crippen LogP contribution in [0.4, 0.5) is 5.13 Å². The van der Waals surface area contributed by atoms with E-state index in [4.69, 9.17) is 0 Å². The third-order valence-corrected chi connectivity index (χ3v) is 7.16. The molecular formula is C14H24N4O3S3. The number of rotatable bonds is 7. The molecule has 1 aliphatic rings. The van der Waals surface area contributed by atoms with Crippen LogP contribution in [0.2, 0.25) is 0 Å². The van der Waals surface area contributed by atoms with Crippen LogP contribution >= 0.6 is 23.1 Å². The summed E-state index contributed by atoms with van der Waals surface area (Å²) in [5.41, 5.74) is 0. The third kappa shape index (κ3) is 5.98. The zero-order valence-corrected chi connectivity index (χ0v) is 16.6.